The van der Waals surface area contributed by atoms with Crippen LogP contribution < -0.4 is 0 Å². The van der Waals surface area contributed by atoms with Crippen molar-refractivity contribution >= 4 is 45.8 Å². The Kier molecular flexibility index (Phi) is 4.96. The summed E-state index contributed by atoms with van der Waals surface area (Å²) in [6.07, 6.45) is 5.76. The maximum absolute atomic E-state index is 10.5. The lowest BCUT2D eigenvalue weighted by atomic mass is 10.1. The lowest BCUT2D eigenvalue weighted by molar-refractivity contribution is -0.108. The van der Waals surface area contributed by atoms with Gasteiger partial charge in [-0.2, -0.15) is 0 Å². The maximum Gasteiger partial charge on any atom is 0.245 e. The molecule has 0 heterocycles. The minimum absolute atomic E-state index is 0.517. The first-order chi connectivity index (χ1) is 7.58. The maximum atomic E-state index is 10.5. The van der Waals surface area contributed by atoms with Gasteiger partial charge in [0.1, 0.15) is 0 Å². The van der Waals surface area contributed by atoms with E-state index < -0.39 is 10.5 Å². The van der Waals surface area contributed by atoms with E-state index in [-0.39, 0.29) is 0 Å². The molecule has 16 heavy (non-hydrogen) atoms. The molecule has 1 aromatic rings. The average Bonchev–Trinajstić information content (AvgIpc) is 2.25. The molecule has 82 valence electrons. The monoisotopic (exact) mass is 254 g/mol. The Morgan fingerprint density at radius 2 is 1.12 bits per heavy atom. The van der Waals surface area contributed by atoms with E-state index in [1.54, 1.807) is 36.4 Å². The van der Waals surface area contributed by atoms with Gasteiger partial charge in [0.25, 0.3) is 0 Å². The highest BCUT2D eigenvalue weighted by Gasteiger charge is 1.91. The van der Waals surface area contributed by atoms with Crippen LogP contribution in [-0.2, 0) is 9.59 Å². The molecule has 0 aliphatic carbocycles. The number of carbonyl (C=O) groups excluding carboxylic acids is 2. The zero-order valence-electron chi connectivity index (χ0n) is 8.19. The van der Waals surface area contributed by atoms with Crippen LogP contribution in [0, 0.1) is 0 Å². The first kappa shape index (κ1) is 12.7. The Bertz CT molecular complexity index is 402. The van der Waals surface area contributed by atoms with E-state index >= 15 is 0 Å². The molecule has 0 saturated heterocycles. The van der Waals surface area contributed by atoms with Gasteiger partial charge in [-0.3, -0.25) is 9.59 Å². The fraction of sp³-hybridized carbons (Fsp3) is 0. The third-order valence-electron chi connectivity index (χ3n) is 1.75. The van der Waals surface area contributed by atoms with Gasteiger partial charge in [-0.25, -0.2) is 0 Å². The summed E-state index contributed by atoms with van der Waals surface area (Å²) in [4.78, 5) is 21.0. The van der Waals surface area contributed by atoms with Crippen molar-refractivity contribution in [3.63, 3.8) is 0 Å². The normalized spacial score (nSPS) is 11.1. The summed E-state index contributed by atoms with van der Waals surface area (Å²) in [5.74, 6) is 0. The first-order valence-corrected chi connectivity index (χ1v) is 5.18. The van der Waals surface area contributed by atoms with Gasteiger partial charge < -0.3 is 0 Å². The molecule has 0 N–H and O–H groups in total. The van der Waals surface area contributed by atoms with Crippen molar-refractivity contribution in [1.82, 2.24) is 0 Å². The van der Waals surface area contributed by atoms with E-state index in [2.05, 4.69) is 0 Å². The van der Waals surface area contributed by atoms with Gasteiger partial charge in [0, 0.05) is 0 Å². The molecule has 0 amide bonds. The molecule has 1 rings (SSSR count). The fourth-order valence-electron chi connectivity index (χ4n) is 1.04. The highest BCUT2D eigenvalue weighted by molar-refractivity contribution is 6.67. The summed E-state index contributed by atoms with van der Waals surface area (Å²) in [6.45, 7) is 0. The second-order valence-corrected chi connectivity index (χ2v) is 3.69. The largest absolute Gasteiger partial charge is 0.276 e. The van der Waals surface area contributed by atoms with Crippen molar-refractivity contribution in [1.29, 1.82) is 0 Å². The topological polar surface area (TPSA) is 34.1 Å². The van der Waals surface area contributed by atoms with E-state index in [1.807, 2.05) is 0 Å². The Hall–Kier alpha value is -1.38. The number of hydrogen-bond donors (Lipinski definition) is 0. The van der Waals surface area contributed by atoms with E-state index in [0.29, 0.717) is 0 Å². The third kappa shape index (κ3) is 4.91. The van der Waals surface area contributed by atoms with Crippen LogP contribution in [-0.4, -0.2) is 10.5 Å². The van der Waals surface area contributed by atoms with Crippen LogP contribution in [0.1, 0.15) is 11.1 Å². The quantitative estimate of drug-likeness (QED) is 0.611. The van der Waals surface area contributed by atoms with E-state index in [0.717, 1.165) is 11.1 Å². The first-order valence-electron chi connectivity index (χ1n) is 4.43. The number of hydrogen-bond acceptors (Lipinski definition) is 2. The summed E-state index contributed by atoms with van der Waals surface area (Å²) in [5, 5.41) is -1.03. The van der Waals surface area contributed by atoms with Crippen LogP contribution in [0.3, 0.4) is 0 Å². The predicted molar refractivity (Wildman–Crippen MR) is 66.2 cm³/mol. The standard InChI is InChI=1S/C12H8Cl2O2/c13-11(15)7-5-9-1-2-10(4-3-9)6-8-12(14)16/h1-8H. The number of benzene rings is 1. The SMILES string of the molecule is O=C(Cl)C=Cc1ccc(C=CC(=O)Cl)cc1. The van der Waals surface area contributed by atoms with Gasteiger partial charge >= 0.3 is 0 Å². The zero-order chi connectivity index (χ0) is 12.0. The molecule has 0 aliphatic rings. The molecule has 0 fully saturated rings. The molecule has 0 aromatic heterocycles. The zero-order valence-corrected chi connectivity index (χ0v) is 9.70. The molecule has 4 heteroatoms. The Morgan fingerprint density at radius 3 is 1.38 bits per heavy atom. The predicted octanol–water partition coefficient (Wildman–Crippen LogP) is 3.24. The molecule has 0 aliphatic heterocycles. The van der Waals surface area contributed by atoms with Crippen LogP contribution in [0.4, 0.5) is 0 Å². The van der Waals surface area contributed by atoms with E-state index in [4.69, 9.17) is 23.2 Å². The number of allylic oxidation sites excluding steroid dienone is 2. The van der Waals surface area contributed by atoms with Crippen LogP contribution in [0.2, 0.25) is 0 Å². The number of carbonyl (C=O) groups is 2. The molecule has 0 radical (unpaired) electrons. The molecule has 2 nitrogen and oxygen atoms in total. The van der Waals surface area contributed by atoms with Crippen LogP contribution in [0.25, 0.3) is 12.2 Å². The lowest BCUT2D eigenvalue weighted by Gasteiger charge is -1.94. The van der Waals surface area contributed by atoms with E-state index in [1.165, 1.54) is 12.2 Å². The van der Waals surface area contributed by atoms with Crippen LogP contribution >= 0.6 is 23.2 Å². The van der Waals surface area contributed by atoms with Crippen molar-refractivity contribution in [2.75, 3.05) is 0 Å². The van der Waals surface area contributed by atoms with Gasteiger partial charge in [-0.05, 0) is 46.5 Å². The van der Waals surface area contributed by atoms with E-state index in [9.17, 15) is 9.59 Å². The van der Waals surface area contributed by atoms with Crippen LogP contribution in [0.15, 0.2) is 36.4 Å². The molecule has 0 atom stereocenters. The fourth-order valence-corrected chi connectivity index (χ4v) is 1.17. The van der Waals surface area contributed by atoms with Crippen molar-refractivity contribution in [2.24, 2.45) is 0 Å². The van der Waals surface area contributed by atoms with Crippen molar-refractivity contribution < 1.29 is 9.59 Å². The molecule has 0 spiro atoms. The molecule has 0 unspecified atom stereocenters. The second-order valence-electron chi connectivity index (χ2n) is 2.94. The summed E-state index contributed by atoms with van der Waals surface area (Å²) in [6, 6.07) is 7.20. The summed E-state index contributed by atoms with van der Waals surface area (Å²) in [7, 11) is 0. The second kappa shape index (κ2) is 6.26. The Morgan fingerprint density at radius 1 is 0.812 bits per heavy atom. The van der Waals surface area contributed by atoms with Crippen molar-refractivity contribution in [2.45, 2.75) is 0 Å². The van der Waals surface area contributed by atoms with Gasteiger partial charge in [0.05, 0.1) is 0 Å². The third-order valence-corrected chi connectivity index (χ3v) is 2.00. The molecule has 0 saturated carbocycles. The number of halogens is 2. The highest BCUT2D eigenvalue weighted by atomic mass is 35.5. The average molecular weight is 255 g/mol. The smallest absolute Gasteiger partial charge is 0.245 e. The van der Waals surface area contributed by atoms with Gasteiger partial charge in [0.15, 0.2) is 0 Å². The lowest BCUT2D eigenvalue weighted by Crippen LogP contribution is -1.79. The van der Waals surface area contributed by atoms with Crippen LogP contribution in [0.5, 0.6) is 0 Å². The van der Waals surface area contributed by atoms with Crippen molar-refractivity contribution in [3.8, 4) is 0 Å². The van der Waals surface area contributed by atoms with Crippen molar-refractivity contribution in [3.05, 3.63) is 47.5 Å². The van der Waals surface area contributed by atoms with Gasteiger partial charge in [-0.1, -0.05) is 36.4 Å². The Labute approximate surface area is 103 Å². The molecular weight excluding hydrogens is 247 g/mol. The van der Waals surface area contributed by atoms with Gasteiger partial charge in [0.2, 0.25) is 10.5 Å². The summed E-state index contributed by atoms with van der Waals surface area (Å²) >= 11 is 10.3. The molecule has 1 aromatic carbocycles. The Balaban J connectivity index is 2.75. The summed E-state index contributed by atoms with van der Waals surface area (Å²) < 4.78 is 0. The molecular formula is C12H8Cl2O2. The highest BCUT2D eigenvalue weighted by Crippen LogP contribution is 2.08. The minimum atomic E-state index is -0.517. The minimum Gasteiger partial charge on any atom is -0.276 e. The molecule has 0 bridgehead atoms. The number of rotatable bonds is 4. The van der Waals surface area contributed by atoms with Gasteiger partial charge in [-0.15, -0.1) is 0 Å². The summed E-state index contributed by atoms with van der Waals surface area (Å²) in [5.41, 5.74) is 1.70.